The van der Waals surface area contributed by atoms with Gasteiger partial charge in [0.05, 0.1) is 12.7 Å². The summed E-state index contributed by atoms with van der Waals surface area (Å²) >= 11 is 6.74. The highest BCUT2D eigenvalue weighted by Crippen LogP contribution is 2.40. The Balaban J connectivity index is 1.83. The van der Waals surface area contributed by atoms with Crippen LogP contribution in [0.25, 0.3) is 0 Å². The van der Waals surface area contributed by atoms with Crippen LogP contribution in [0.5, 0.6) is 0 Å². The molecule has 1 saturated heterocycles. The highest BCUT2D eigenvalue weighted by Gasteiger charge is 2.48. The molecule has 1 aliphatic heterocycles. The lowest BCUT2D eigenvalue weighted by atomic mass is 9.79. The van der Waals surface area contributed by atoms with Gasteiger partial charge in [0.15, 0.2) is 5.11 Å². The second kappa shape index (κ2) is 10.8. The summed E-state index contributed by atoms with van der Waals surface area (Å²) in [6, 6.07) is 8.72. The molecule has 3 rings (SSSR count). The summed E-state index contributed by atoms with van der Waals surface area (Å²) in [5.41, 5.74) is -1.18. The van der Waals surface area contributed by atoms with Crippen molar-refractivity contribution in [1.82, 2.24) is 15.6 Å². The fraction of sp³-hybridized carbons (Fsp3) is 0.478. The van der Waals surface area contributed by atoms with Crippen LogP contribution in [0.15, 0.2) is 35.7 Å². The Morgan fingerprint density at radius 3 is 2.68 bits per heavy atom. The van der Waals surface area contributed by atoms with Crippen molar-refractivity contribution < 1.29 is 24.2 Å². The molecular formula is C23H30N4O5S2. The van der Waals surface area contributed by atoms with E-state index in [2.05, 4.69) is 20.9 Å². The Morgan fingerprint density at radius 1 is 1.32 bits per heavy atom. The van der Waals surface area contributed by atoms with Crippen molar-refractivity contribution in [3.63, 3.8) is 0 Å². The third-order valence-electron chi connectivity index (χ3n) is 5.24. The summed E-state index contributed by atoms with van der Waals surface area (Å²) in [6.07, 6.45) is -0.143. The molecule has 0 bridgehead atoms. The number of nitrogens with zero attached hydrogens (tertiary/aromatic N) is 1. The number of ether oxygens (including phenoxy) is 2. The monoisotopic (exact) mass is 506 g/mol. The summed E-state index contributed by atoms with van der Waals surface area (Å²) in [5, 5.41) is 21.1. The van der Waals surface area contributed by atoms with E-state index in [4.69, 9.17) is 21.7 Å². The van der Waals surface area contributed by atoms with Crippen molar-refractivity contribution in [3.8, 4) is 0 Å². The molecule has 2 heterocycles. The number of nitrogens with one attached hydrogen (secondary N) is 3. The van der Waals surface area contributed by atoms with Gasteiger partial charge >= 0.3 is 6.09 Å². The largest absolute Gasteiger partial charge is 0.444 e. The minimum atomic E-state index is -0.999. The second-order valence-electron chi connectivity index (χ2n) is 9.15. The minimum Gasteiger partial charge on any atom is -0.444 e. The molecule has 34 heavy (non-hydrogen) atoms. The fourth-order valence-electron chi connectivity index (χ4n) is 3.66. The highest BCUT2D eigenvalue weighted by atomic mass is 32.1. The maximum Gasteiger partial charge on any atom is 0.413 e. The number of anilines is 1. The van der Waals surface area contributed by atoms with E-state index in [1.54, 1.807) is 50.4 Å². The number of aromatic nitrogens is 1. The quantitative estimate of drug-likeness (QED) is 0.455. The van der Waals surface area contributed by atoms with E-state index in [0.717, 1.165) is 0 Å². The number of benzene rings is 1. The van der Waals surface area contributed by atoms with Crippen LogP contribution in [0.2, 0.25) is 0 Å². The lowest BCUT2D eigenvalue weighted by molar-refractivity contribution is -0.0748. The molecule has 1 aromatic carbocycles. The van der Waals surface area contributed by atoms with Crippen molar-refractivity contribution in [3.05, 3.63) is 46.3 Å². The number of hydrogen-bond donors (Lipinski definition) is 4. The van der Waals surface area contributed by atoms with E-state index >= 15 is 0 Å². The zero-order valence-electron chi connectivity index (χ0n) is 19.6. The van der Waals surface area contributed by atoms with Crippen molar-refractivity contribution in [1.29, 1.82) is 0 Å². The maximum absolute atomic E-state index is 12.6. The standard InChI is InChI=1S/C23H30N4O5S2/c1-14-10-16(11-28)23(13-31-14,27-20(33)26-18(29)15-8-6-5-7-9-15)19-24-17(12-34-19)25-21(30)32-22(2,3)4/h5-9,12,14,16,28H,10-11,13H2,1-4H3,(H,25,30)(H2,26,27,29,33)/t14-,16-,23-/m0/s1. The number of amides is 2. The molecule has 0 unspecified atom stereocenters. The Labute approximate surface area is 208 Å². The Morgan fingerprint density at radius 2 is 2.03 bits per heavy atom. The highest BCUT2D eigenvalue weighted by molar-refractivity contribution is 7.80. The van der Waals surface area contributed by atoms with E-state index in [0.29, 0.717) is 22.8 Å². The summed E-state index contributed by atoms with van der Waals surface area (Å²) in [5.74, 6) is -0.348. The van der Waals surface area contributed by atoms with Gasteiger partial charge in [-0.25, -0.2) is 9.78 Å². The molecule has 3 atom stereocenters. The lowest BCUT2D eigenvalue weighted by Crippen LogP contribution is -2.61. The van der Waals surface area contributed by atoms with Gasteiger partial charge in [0.2, 0.25) is 0 Å². The Kier molecular flexibility index (Phi) is 8.24. The van der Waals surface area contributed by atoms with E-state index in [9.17, 15) is 14.7 Å². The van der Waals surface area contributed by atoms with Gasteiger partial charge in [0.25, 0.3) is 5.91 Å². The van der Waals surface area contributed by atoms with Crippen LogP contribution in [0.4, 0.5) is 10.6 Å². The number of rotatable bonds is 5. The molecule has 0 saturated carbocycles. The molecule has 2 aromatic rings. The van der Waals surface area contributed by atoms with Gasteiger partial charge in [-0.15, -0.1) is 11.3 Å². The minimum absolute atomic E-state index is 0.0705. The lowest BCUT2D eigenvalue weighted by Gasteiger charge is -2.44. The van der Waals surface area contributed by atoms with E-state index < -0.39 is 17.2 Å². The van der Waals surface area contributed by atoms with Crippen LogP contribution in [0.1, 0.15) is 49.5 Å². The summed E-state index contributed by atoms with van der Waals surface area (Å²) < 4.78 is 11.2. The first-order valence-corrected chi connectivity index (χ1v) is 12.2. The van der Waals surface area contributed by atoms with Crippen LogP contribution >= 0.6 is 23.6 Å². The molecule has 2 amide bonds. The second-order valence-corrected chi connectivity index (χ2v) is 10.4. The first-order valence-electron chi connectivity index (χ1n) is 10.9. The smallest absolute Gasteiger partial charge is 0.413 e. The summed E-state index contributed by atoms with van der Waals surface area (Å²) in [4.78, 5) is 29.3. The number of carbonyl (C=O) groups is 2. The van der Waals surface area contributed by atoms with Crippen molar-refractivity contribution in [2.75, 3.05) is 18.5 Å². The summed E-state index contributed by atoms with van der Waals surface area (Å²) in [7, 11) is 0. The first-order chi connectivity index (χ1) is 16.0. The topological polar surface area (TPSA) is 122 Å². The van der Waals surface area contributed by atoms with Gasteiger partial charge in [-0.2, -0.15) is 0 Å². The molecule has 184 valence electrons. The van der Waals surface area contributed by atoms with Gasteiger partial charge in [-0.3, -0.25) is 15.4 Å². The molecule has 9 nitrogen and oxygen atoms in total. The number of hydrogen-bond acceptors (Lipinski definition) is 8. The molecule has 0 radical (unpaired) electrons. The average Bonchev–Trinajstić information content (AvgIpc) is 3.23. The van der Waals surface area contributed by atoms with Gasteiger partial charge in [-0.1, -0.05) is 18.2 Å². The average molecular weight is 507 g/mol. The number of aliphatic hydroxyl groups is 1. The molecule has 11 heteroatoms. The molecule has 1 fully saturated rings. The first kappa shape index (κ1) is 26.0. The zero-order chi connectivity index (χ0) is 24.9. The SMILES string of the molecule is C[C@H]1C[C@@H](CO)[C@](NC(=S)NC(=O)c2ccccc2)(c2nc(NC(=O)OC(C)(C)C)cs2)CO1. The maximum atomic E-state index is 12.6. The molecular weight excluding hydrogens is 476 g/mol. The Hall–Kier alpha value is -2.60. The van der Waals surface area contributed by atoms with Crippen LogP contribution in [0, 0.1) is 5.92 Å². The van der Waals surface area contributed by atoms with Crippen LogP contribution in [-0.2, 0) is 15.0 Å². The molecule has 0 aliphatic carbocycles. The van der Waals surface area contributed by atoms with Crippen molar-refractivity contribution in [2.24, 2.45) is 5.92 Å². The third kappa shape index (κ3) is 6.50. The predicted octanol–water partition coefficient (Wildman–Crippen LogP) is 3.41. The van der Waals surface area contributed by atoms with Crippen LogP contribution in [-0.4, -0.2) is 52.1 Å². The van der Waals surface area contributed by atoms with Gasteiger partial charge in [0, 0.05) is 23.5 Å². The number of aliphatic hydroxyl groups excluding tert-OH is 1. The molecule has 1 aliphatic rings. The van der Waals surface area contributed by atoms with E-state index in [1.165, 1.54) is 11.3 Å². The Bertz CT molecular complexity index is 1020. The van der Waals surface area contributed by atoms with Gasteiger partial charge in [0.1, 0.15) is 22.0 Å². The van der Waals surface area contributed by atoms with Crippen LogP contribution in [0.3, 0.4) is 0 Å². The fourth-order valence-corrected chi connectivity index (χ4v) is 4.91. The summed E-state index contributed by atoms with van der Waals surface area (Å²) in [6.45, 7) is 7.27. The normalized spacial score (nSPS) is 22.5. The molecule has 0 spiro atoms. The van der Waals surface area contributed by atoms with Gasteiger partial charge < -0.3 is 19.9 Å². The molecule has 4 N–H and O–H groups in total. The number of carbonyl (C=O) groups excluding carboxylic acids is 2. The van der Waals surface area contributed by atoms with Crippen LogP contribution < -0.4 is 16.0 Å². The number of thiocarbonyl (C=S) groups is 1. The van der Waals surface area contributed by atoms with E-state index in [1.807, 2.05) is 13.0 Å². The number of thiazole rings is 1. The predicted molar refractivity (Wildman–Crippen MR) is 134 cm³/mol. The third-order valence-corrected chi connectivity index (χ3v) is 6.47. The van der Waals surface area contributed by atoms with Gasteiger partial charge in [-0.05, 0) is 58.5 Å². The van der Waals surface area contributed by atoms with E-state index in [-0.39, 0.29) is 36.3 Å². The van der Waals surface area contributed by atoms with Crippen molar-refractivity contribution in [2.45, 2.75) is 51.4 Å². The zero-order valence-corrected chi connectivity index (χ0v) is 21.2. The molecule has 1 aromatic heterocycles. The van der Waals surface area contributed by atoms with Crippen molar-refractivity contribution >= 4 is 46.5 Å².